The van der Waals surface area contributed by atoms with Crippen LogP contribution in [0.2, 0.25) is 0 Å². The predicted molar refractivity (Wildman–Crippen MR) is 33.6 cm³/mol. The molecule has 14 heteroatoms. The molecule has 0 atom stereocenters. The average molecular weight is 340 g/mol. The van der Waals surface area contributed by atoms with Crippen molar-refractivity contribution in [3.63, 3.8) is 0 Å². The van der Waals surface area contributed by atoms with Gasteiger partial charge in [0, 0.05) is 0 Å². The Hall–Kier alpha value is 0.916. The molecule has 0 unspecified atom stereocenters. The zero-order valence-electron chi connectivity index (χ0n) is 9.07. The fraction of sp³-hybridized carbons (Fsp3) is 1.00. The first kappa shape index (κ1) is 21.2. The molecule has 0 radical (unpaired) electrons. The van der Waals surface area contributed by atoms with Gasteiger partial charge in [0.2, 0.25) is 0 Å². The zero-order valence-corrected chi connectivity index (χ0v) is 12.0. The Balaban J connectivity index is -0.00000128. The largest absolute Gasteiger partial charge is 1.00 e. The van der Waals surface area contributed by atoms with E-state index in [0.717, 1.165) is 0 Å². The van der Waals surface area contributed by atoms with Crippen LogP contribution in [0.5, 0.6) is 0 Å². The molecule has 0 aromatic heterocycles. The molecule has 0 saturated carbocycles. The van der Waals surface area contributed by atoms with E-state index in [1.54, 1.807) is 0 Å². The Labute approximate surface area is 137 Å². The molecular weight excluding hydrogens is 338 g/mol. The fourth-order valence-corrected chi connectivity index (χ4v) is 1.80. The van der Waals surface area contributed by atoms with Crippen molar-refractivity contribution in [1.82, 2.24) is 0 Å². The molecule has 0 aliphatic carbocycles. The molecular formula is C4H2F9KO3S. The minimum atomic E-state index is -7.57. The first-order valence-electron chi connectivity index (χ1n) is 3.17. The van der Waals surface area contributed by atoms with Crippen LogP contribution in [0.1, 0.15) is 1.43 Å². The maximum Gasteiger partial charge on any atom is 1.00 e. The molecule has 0 bridgehead atoms. The van der Waals surface area contributed by atoms with Crippen LogP contribution in [0.15, 0.2) is 0 Å². The quantitative estimate of drug-likeness (QED) is 0.395. The summed E-state index contributed by atoms with van der Waals surface area (Å²) >= 11 is 0. The summed E-state index contributed by atoms with van der Waals surface area (Å²) < 4.78 is 127. The van der Waals surface area contributed by atoms with E-state index in [1.807, 2.05) is 0 Å². The van der Waals surface area contributed by atoms with Gasteiger partial charge in [-0.15, -0.1) is 0 Å². The van der Waals surface area contributed by atoms with Gasteiger partial charge in [0.25, 0.3) is 10.1 Å². The van der Waals surface area contributed by atoms with E-state index in [1.165, 1.54) is 0 Å². The van der Waals surface area contributed by atoms with Gasteiger partial charge in [-0.1, -0.05) is 0 Å². The molecule has 0 rings (SSSR count). The first-order chi connectivity index (χ1) is 7.00. The summed E-state index contributed by atoms with van der Waals surface area (Å²) in [7, 11) is -7.57. The Morgan fingerprint density at radius 2 is 0.889 bits per heavy atom. The van der Waals surface area contributed by atoms with Crippen molar-refractivity contribution >= 4 is 10.1 Å². The SMILES string of the molecule is O=S(=O)(O)C(C(F)(F)F)(C(F)(F)F)C(F)(F)F.[H-].[K+]. The van der Waals surface area contributed by atoms with Gasteiger partial charge in [-0.3, -0.25) is 4.55 Å². The minimum absolute atomic E-state index is 0. The second-order valence-electron chi connectivity index (χ2n) is 2.65. The summed E-state index contributed by atoms with van der Waals surface area (Å²) in [4.78, 5) is 0. The average Bonchev–Trinajstić information content (AvgIpc) is 1.67. The van der Waals surface area contributed by atoms with Gasteiger partial charge in [-0.05, 0) is 0 Å². The third-order valence-corrected chi connectivity index (χ3v) is 3.05. The minimum Gasteiger partial charge on any atom is -1.00 e. The summed E-state index contributed by atoms with van der Waals surface area (Å²) in [5.74, 6) is 0. The van der Waals surface area contributed by atoms with Gasteiger partial charge in [0.05, 0.1) is 0 Å². The molecule has 0 fully saturated rings. The van der Waals surface area contributed by atoms with E-state index in [9.17, 15) is 47.9 Å². The Morgan fingerprint density at radius 3 is 0.889 bits per heavy atom. The number of rotatable bonds is 1. The van der Waals surface area contributed by atoms with E-state index in [0.29, 0.717) is 0 Å². The van der Waals surface area contributed by atoms with Crippen molar-refractivity contribution in [2.75, 3.05) is 0 Å². The van der Waals surface area contributed by atoms with Gasteiger partial charge in [0.1, 0.15) is 0 Å². The van der Waals surface area contributed by atoms with Crippen molar-refractivity contribution < 1.29 is 105 Å². The second-order valence-corrected chi connectivity index (χ2v) is 4.21. The van der Waals surface area contributed by atoms with Crippen molar-refractivity contribution in [3.05, 3.63) is 0 Å². The van der Waals surface area contributed by atoms with Crippen LogP contribution >= 0.6 is 0 Å². The number of halogens is 9. The van der Waals surface area contributed by atoms with Gasteiger partial charge in [-0.25, -0.2) is 0 Å². The van der Waals surface area contributed by atoms with E-state index >= 15 is 0 Å². The fourth-order valence-electron chi connectivity index (χ4n) is 0.921. The van der Waals surface area contributed by atoms with E-state index < -0.39 is 33.4 Å². The smallest absolute Gasteiger partial charge is 1.00 e. The van der Waals surface area contributed by atoms with Crippen LogP contribution in [0, 0.1) is 0 Å². The second kappa shape index (κ2) is 5.36. The maximum absolute atomic E-state index is 11.9. The monoisotopic (exact) mass is 340 g/mol. The molecule has 0 aliphatic rings. The van der Waals surface area contributed by atoms with Crippen molar-refractivity contribution in [2.45, 2.75) is 23.3 Å². The summed E-state index contributed by atoms with van der Waals surface area (Å²) in [6.45, 7) is 0. The standard InChI is InChI=1S/C4HF9O3S.K.H/c5-2(6,7)1(3(8,9)10,4(11,12)13)17(14,15)16;;/h(H,14,15,16);;/q;+1;-1. The molecule has 0 heterocycles. The summed E-state index contributed by atoms with van der Waals surface area (Å²) in [5, 5.41) is 0. The van der Waals surface area contributed by atoms with Crippen LogP contribution in [0.25, 0.3) is 0 Å². The van der Waals surface area contributed by atoms with Crippen molar-refractivity contribution in [2.24, 2.45) is 0 Å². The van der Waals surface area contributed by atoms with Gasteiger partial charge >= 0.3 is 74.7 Å². The van der Waals surface area contributed by atoms with Crippen molar-refractivity contribution in [3.8, 4) is 0 Å². The third kappa shape index (κ3) is 3.14. The summed E-state index contributed by atoms with van der Waals surface area (Å²) in [6.07, 6.45) is -22.0. The molecule has 18 heavy (non-hydrogen) atoms. The molecule has 106 valence electrons. The van der Waals surface area contributed by atoms with Crippen LogP contribution in [0.3, 0.4) is 0 Å². The molecule has 3 nitrogen and oxygen atoms in total. The Morgan fingerprint density at radius 1 is 0.722 bits per heavy atom. The maximum atomic E-state index is 11.9. The summed E-state index contributed by atoms with van der Waals surface area (Å²) in [6, 6.07) is 0. The zero-order chi connectivity index (χ0) is 14.5. The van der Waals surface area contributed by atoms with E-state index in [4.69, 9.17) is 4.55 Å². The number of hydrogen-bond acceptors (Lipinski definition) is 2. The predicted octanol–water partition coefficient (Wildman–Crippen LogP) is -0.584. The van der Waals surface area contributed by atoms with E-state index in [-0.39, 0.29) is 52.8 Å². The van der Waals surface area contributed by atoms with Gasteiger partial charge in [-0.2, -0.15) is 47.9 Å². The third-order valence-electron chi connectivity index (χ3n) is 1.58. The topological polar surface area (TPSA) is 54.4 Å². The number of hydrogen-bond donors (Lipinski definition) is 1. The van der Waals surface area contributed by atoms with Crippen LogP contribution in [-0.4, -0.2) is 36.2 Å². The molecule has 0 aromatic carbocycles. The summed E-state index contributed by atoms with van der Waals surface area (Å²) in [5.41, 5.74) is 0. The van der Waals surface area contributed by atoms with Crippen molar-refractivity contribution in [1.29, 1.82) is 0 Å². The molecule has 0 aromatic rings. The van der Waals surface area contributed by atoms with Gasteiger partial charge in [0.15, 0.2) is 0 Å². The normalized spacial score (nSPS) is 15.2. The Kier molecular flexibility index (Phi) is 6.32. The first-order valence-corrected chi connectivity index (χ1v) is 4.61. The van der Waals surface area contributed by atoms with Crippen LogP contribution in [0.4, 0.5) is 39.5 Å². The molecule has 0 amide bonds. The number of alkyl halides is 9. The molecule has 0 spiro atoms. The molecule has 1 N–H and O–H groups in total. The van der Waals surface area contributed by atoms with Crippen LogP contribution < -0.4 is 51.4 Å². The van der Waals surface area contributed by atoms with Crippen LogP contribution in [-0.2, 0) is 10.1 Å². The Bertz CT molecular complexity index is 359. The van der Waals surface area contributed by atoms with E-state index in [2.05, 4.69) is 0 Å². The van der Waals surface area contributed by atoms with Gasteiger partial charge < -0.3 is 1.43 Å². The molecule has 0 aliphatic heterocycles. The molecule has 0 saturated heterocycles.